The minimum atomic E-state index is -0.445. The van der Waals surface area contributed by atoms with Gasteiger partial charge in [-0.15, -0.1) is 0 Å². The van der Waals surface area contributed by atoms with Gasteiger partial charge in [0.15, 0.2) is 11.5 Å². The Hall–Kier alpha value is -2.24. The normalized spacial score (nSPS) is 17.5. The Morgan fingerprint density at radius 3 is 2.55 bits per heavy atom. The Kier molecular flexibility index (Phi) is 5.25. The second-order valence-electron chi connectivity index (χ2n) is 5.10. The number of benzene rings is 1. The van der Waals surface area contributed by atoms with Crippen LogP contribution in [0.25, 0.3) is 0 Å². The van der Waals surface area contributed by atoms with Crippen molar-refractivity contribution in [3.63, 3.8) is 0 Å². The van der Waals surface area contributed by atoms with Crippen LogP contribution in [0.5, 0.6) is 11.5 Å². The van der Waals surface area contributed by atoms with Crippen molar-refractivity contribution in [3.8, 4) is 11.5 Å². The maximum absolute atomic E-state index is 12.3. The van der Waals surface area contributed by atoms with Crippen molar-refractivity contribution in [2.45, 2.75) is 26.3 Å². The van der Waals surface area contributed by atoms with Crippen molar-refractivity contribution in [2.24, 2.45) is 0 Å². The van der Waals surface area contributed by atoms with E-state index in [4.69, 9.17) is 9.47 Å². The fraction of sp³-hybridized carbons (Fsp3) is 0.500. The van der Waals surface area contributed by atoms with E-state index in [-0.39, 0.29) is 11.8 Å². The highest BCUT2D eigenvalue weighted by molar-refractivity contribution is 5.98. The first kappa shape index (κ1) is 16.1. The molecule has 6 nitrogen and oxygen atoms in total. The molecule has 1 fully saturated rings. The van der Waals surface area contributed by atoms with E-state index in [1.165, 1.54) is 0 Å². The Balaban J connectivity index is 2.12. The molecule has 0 aliphatic carbocycles. The lowest BCUT2D eigenvalue weighted by Gasteiger charge is -2.14. The van der Waals surface area contributed by atoms with Gasteiger partial charge in [-0.25, -0.2) is 0 Å². The lowest BCUT2D eigenvalue weighted by Crippen LogP contribution is -2.40. The SMILES string of the molecule is CCOc1ccc(C(=O)NC2CCN(C)C2=O)cc1OCC. The molecule has 1 aliphatic heterocycles. The zero-order valence-electron chi connectivity index (χ0n) is 13.2. The summed E-state index contributed by atoms with van der Waals surface area (Å²) < 4.78 is 11.0. The van der Waals surface area contributed by atoms with Gasteiger partial charge in [0.1, 0.15) is 6.04 Å². The molecule has 1 aliphatic rings. The molecule has 1 unspecified atom stereocenters. The second-order valence-corrected chi connectivity index (χ2v) is 5.10. The Morgan fingerprint density at radius 2 is 1.95 bits per heavy atom. The zero-order chi connectivity index (χ0) is 16.1. The smallest absolute Gasteiger partial charge is 0.252 e. The number of likely N-dealkylation sites (N-methyl/N-ethyl adjacent to an activating group) is 1. The van der Waals surface area contributed by atoms with Crippen LogP contribution in [0.4, 0.5) is 0 Å². The van der Waals surface area contributed by atoms with Gasteiger partial charge in [0, 0.05) is 19.2 Å². The summed E-state index contributed by atoms with van der Waals surface area (Å²) in [6.07, 6.45) is 0.635. The van der Waals surface area contributed by atoms with Crippen LogP contribution in [0.2, 0.25) is 0 Å². The molecule has 22 heavy (non-hydrogen) atoms. The van der Waals surface area contributed by atoms with Gasteiger partial charge in [0.05, 0.1) is 13.2 Å². The maximum atomic E-state index is 12.3. The molecule has 0 saturated carbocycles. The molecule has 1 N–H and O–H groups in total. The van der Waals surface area contributed by atoms with Crippen LogP contribution in [-0.4, -0.2) is 49.6 Å². The van der Waals surface area contributed by atoms with Crippen LogP contribution in [0.3, 0.4) is 0 Å². The Bertz CT molecular complexity index is 559. The molecular formula is C16H22N2O4. The third-order valence-corrected chi connectivity index (χ3v) is 3.54. The van der Waals surface area contributed by atoms with Gasteiger partial charge < -0.3 is 19.7 Å². The monoisotopic (exact) mass is 306 g/mol. The predicted molar refractivity (Wildman–Crippen MR) is 82.3 cm³/mol. The quantitative estimate of drug-likeness (QED) is 0.863. The molecule has 1 saturated heterocycles. The number of carbonyl (C=O) groups is 2. The summed E-state index contributed by atoms with van der Waals surface area (Å²) in [7, 11) is 1.73. The number of hydrogen-bond donors (Lipinski definition) is 1. The largest absolute Gasteiger partial charge is 0.490 e. The van der Waals surface area contributed by atoms with Gasteiger partial charge in [-0.05, 0) is 38.5 Å². The number of amides is 2. The molecular weight excluding hydrogens is 284 g/mol. The van der Waals surface area contributed by atoms with Crippen LogP contribution in [0, 0.1) is 0 Å². The summed E-state index contributed by atoms with van der Waals surface area (Å²) in [5.41, 5.74) is 0.453. The zero-order valence-corrected chi connectivity index (χ0v) is 13.2. The number of likely N-dealkylation sites (tertiary alicyclic amines) is 1. The van der Waals surface area contributed by atoms with Gasteiger partial charge in [-0.2, -0.15) is 0 Å². The summed E-state index contributed by atoms with van der Waals surface area (Å²) >= 11 is 0. The average Bonchev–Trinajstić information content (AvgIpc) is 2.81. The van der Waals surface area contributed by atoms with E-state index in [9.17, 15) is 9.59 Å². The van der Waals surface area contributed by atoms with Gasteiger partial charge in [0.25, 0.3) is 5.91 Å². The molecule has 1 heterocycles. The first-order valence-corrected chi connectivity index (χ1v) is 7.52. The molecule has 0 spiro atoms. The summed E-state index contributed by atoms with van der Waals surface area (Å²) in [5, 5.41) is 2.77. The summed E-state index contributed by atoms with van der Waals surface area (Å²) in [6.45, 7) is 5.43. The van der Waals surface area contributed by atoms with E-state index in [1.54, 1.807) is 30.1 Å². The maximum Gasteiger partial charge on any atom is 0.252 e. The molecule has 2 amide bonds. The predicted octanol–water partition coefficient (Wildman–Crippen LogP) is 1.44. The van der Waals surface area contributed by atoms with E-state index in [0.717, 1.165) is 0 Å². The second kappa shape index (κ2) is 7.15. The molecule has 2 rings (SSSR count). The van der Waals surface area contributed by atoms with Crippen LogP contribution in [0.1, 0.15) is 30.6 Å². The number of rotatable bonds is 6. The highest BCUT2D eigenvalue weighted by Gasteiger charge is 2.30. The van der Waals surface area contributed by atoms with Gasteiger partial charge in [0.2, 0.25) is 5.91 Å². The molecule has 1 aromatic carbocycles. The van der Waals surface area contributed by atoms with Crippen LogP contribution in [0.15, 0.2) is 18.2 Å². The first-order chi connectivity index (χ1) is 10.6. The molecule has 0 bridgehead atoms. The molecule has 1 aromatic rings. The molecule has 0 aromatic heterocycles. The number of hydrogen-bond acceptors (Lipinski definition) is 4. The van der Waals surface area contributed by atoms with E-state index in [0.29, 0.717) is 43.2 Å². The van der Waals surface area contributed by atoms with Gasteiger partial charge >= 0.3 is 0 Å². The summed E-state index contributed by atoms with van der Waals surface area (Å²) in [5.74, 6) is 0.811. The molecule has 120 valence electrons. The van der Waals surface area contributed by atoms with Gasteiger partial charge in [-0.1, -0.05) is 0 Å². The van der Waals surface area contributed by atoms with Crippen molar-refractivity contribution >= 4 is 11.8 Å². The standard InChI is InChI=1S/C16H22N2O4/c1-4-21-13-7-6-11(10-14(13)22-5-2)15(19)17-12-8-9-18(3)16(12)20/h6-7,10,12H,4-5,8-9H2,1-3H3,(H,17,19). The van der Waals surface area contributed by atoms with E-state index in [2.05, 4.69) is 5.32 Å². The lowest BCUT2D eigenvalue weighted by molar-refractivity contribution is -0.128. The highest BCUT2D eigenvalue weighted by atomic mass is 16.5. The average molecular weight is 306 g/mol. The van der Waals surface area contributed by atoms with Crippen molar-refractivity contribution in [3.05, 3.63) is 23.8 Å². The topological polar surface area (TPSA) is 67.9 Å². The van der Waals surface area contributed by atoms with Crippen molar-refractivity contribution in [1.29, 1.82) is 0 Å². The van der Waals surface area contributed by atoms with E-state index in [1.807, 2.05) is 13.8 Å². The fourth-order valence-corrected chi connectivity index (χ4v) is 2.39. The minimum absolute atomic E-state index is 0.0516. The Morgan fingerprint density at radius 1 is 1.27 bits per heavy atom. The number of nitrogens with zero attached hydrogens (tertiary/aromatic N) is 1. The number of carbonyl (C=O) groups excluding carboxylic acids is 2. The third-order valence-electron chi connectivity index (χ3n) is 3.54. The third kappa shape index (κ3) is 3.50. The van der Waals surface area contributed by atoms with Gasteiger partial charge in [-0.3, -0.25) is 9.59 Å². The Labute approximate surface area is 130 Å². The van der Waals surface area contributed by atoms with E-state index >= 15 is 0 Å². The number of ether oxygens (including phenoxy) is 2. The minimum Gasteiger partial charge on any atom is -0.490 e. The highest BCUT2D eigenvalue weighted by Crippen LogP contribution is 2.28. The van der Waals surface area contributed by atoms with Crippen LogP contribution < -0.4 is 14.8 Å². The van der Waals surface area contributed by atoms with Crippen LogP contribution in [-0.2, 0) is 4.79 Å². The van der Waals surface area contributed by atoms with Crippen LogP contribution >= 0.6 is 0 Å². The summed E-state index contributed by atoms with van der Waals surface area (Å²) in [6, 6.07) is 4.59. The molecule has 6 heteroatoms. The van der Waals surface area contributed by atoms with Crippen molar-refractivity contribution < 1.29 is 19.1 Å². The first-order valence-electron chi connectivity index (χ1n) is 7.52. The van der Waals surface area contributed by atoms with Crippen molar-refractivity contribution in [1.82, 2.24) is 10.2 Å². The van der Waals surface area contributed by atoms with E-state index < -0.39 is 6.04 Å². The fourth-order valence-electron chi connectivity index (χ4n) is 2.39. The van der Waals surface area contributed by atoms with Crippen molar-refractivity contribution in [2.75, 3.05) is 26.8 Å². The summed E-state index contributed by atoms with van der Waals surface area (Å²) in [4.78, 5) is 25.8. The number of nitrogens with one attached hydrogen (secondary N) is 1. The molecule has 0 radical (unpaired) electrons. The molecule has 1 atom stereocenters. The lowest BCUT2D eigenvalue weighted by atomic mass is 10.1.